The van der Waals surface area contributed by atoms with Crippen molar-refractivity contribution in [3.63, 3.8) is 0 Å². The molecular formula is C23H29N3O3S. The van der Waals surface area contributed by atoms with Gasteiger partial charge >= 0.3 is 0 Å². The van der Waals surface area contributed by atoms with Crippen LogP contribution in [0.5, 0.6) is 0 Å². The average Bonchev–Trinajstić information content (AvgIpc) is 2.79. The molecule has 0 spiro atoms. The fourth-order valence-electron chi connectivity index (χ4n) is 4.26. The van der Waals surface area contributed by atoms with E-state index in [1.165, 1.54) is 5.56 Å². The van der Waals surface area contributed by atoms with Crippen molar-refractivity contribution >= 4 is 21.6 Å². The smallest absolute Gasteiger partial charge is 0.258 e. The predicted molar refractivity (Wildman–Crippen MR) is 119 cm³/mol. The Labute approximate surface area is 179 Å². The van der Waals surface area contributed by atoms with Gasteiger partial charge in [0.2, 0.25) is 10.0 Å². The van der Waals surface area contributed by atoms with Gasteiger partial charge in [-0.05, 0) is 49.1 Å². The molecule has 0 bridgehead atoms. The molecule has 6 nitrogen and oxygen atoms in total. The van der Waals surface area contributed by atoms with Crippen LogP contribution in [-0.2, 0) is 23.0 Å². The molecule has 160 valence electrons. The Bertz CT molecular complexity index is 997. The van der Waals surface area contributed by atoms with Crippen molar-refractivity contribution in [1.29, 1.82) is 0 Å². The van der Waals surface area contributed by atoms with Crippen LogP contribution in [0.2, 0.25) is 0 Å². The lowest BCUT2D eigenvalue weighted by atomic mass is 10.0. The van der Waals surface area contributed by atoms with Crippen molar-refractivity contribution < 1.29 is 13.2 Å². The van der Waals surface area contributed by atoms with Crippen LogP contribution in [0.15, 0.2) is 48.5 Å². The molecule has 2 aliphatic heterocycles. The number of carbonyl (C=O) groups is 1. The molecule has 0 N–H and O–H groups in total. The second-order valence-corrected chi connectivity index (χ2v) is 10.2. The first kappa shape index (κ1) is 21.0. The molecule has 30 heavy (non-hydrogen) atoms. The minimum atomic E-state index is -3.10. The number of hydrogen-bond acceptors (Lipinski definition) is 4. The van der Waals surface area contributed by atoms with Crippen LogP contribution in [0.25, 0.3) is 0 Å². The van der Waals surface area contributed by atoms with Gasteiger partial charge in [0.1, 0.15) is 0 Å². The Morgan fingerprint density at radius 3 is 2.33 bits per heavy atom. The number of rotatable bonds is 5. The van der Waals surface area contributed by atoms with Crippen molar-refractivity contribution in [2.75, 3.05) is 43.4 Å². The molecular weight excluding hydrogens is 398 g/mol. The molecule has 2 aromatic carbocycles. The Morgan fingerprint density at radius 2 is 1.63 bits per heavy atom. The Hall–Kier alpha value is -2.22. The lowest BCUT2D eigenvalue weighted by molar-refractivity contribution is 0.0985. The van der Waals surface area contributed by atoms with E-state index in [9.17, 15) is 13.2 Å². The maximum absolute atomic E-state index is 13.1. The van der Waals surface area contributed by atoms with Crippen LogP contribution < -0.4 is 4.90 Å². The highest BCUT2D eigenvalue weighted by molar-refractivity contribution is 7.89. The summed E-state index contributed by atoms with van der Waals surface area (Å²) in [7, 11) is -3.10. The maximum Gasteiger partial charge on any atom is 0.258 e. The second kappa shape index (κ2) is 8.88. The SMILES string of the molecule is CCS(=O)(=O)N1CCN(Cc2ccc(C(=O)N3CCCc4ccccc43)cc2)CC1. The Balaban J connectivity index is 1.38. The summed E-state index contributed by atoms with van der Waals surface area (Å²) in [6.07, 6.45) is 2.01. The highest BCUT2D eigenvalue weighted by atomic mass is 32.2. The van der Waals surface area contributed by atoms with E-state index in [1.54, 1.807) is 11.2 Å². The number of nitrogens with zero attached hydrogens (tertiary/aromatic N) is 3. The summed E-state index contributed by atoms with van der Waals surface area (Å²) in [5.74, 6) is 0.205. The number of aryl methyl sites for hydroxylation is 1. The summed E-state index contributed by atoms with van der Waals surface area (Å²) < 4.78 is 25.6. The molecule has 7 heteroatoms. The van der Waals surface area contributed by atoms with Crippen LogP contribution in [0.1, 0.15) is 34.8 Å². The van der Waals surface area contributed by atoms with Crippen molar-refractivity contribution in [2.24, 2.45) is 0 Å². The van der Waals surface area contributed by atoms with Gasteiger partial charge in [0.05, 0.1) is 5.75 Å². The molecule has 0 radical (unpaired) electrons. The number of anilines is 1. The zero-order chi connectivity index (χ0) is 21.1. The molecule has 2 aliphatic rings. The number of carbonyl (C=O) groups excluding carboxylic acids is 1. The molecule has 4 rings (SSSR count). The number of para-hydroxylation sites is 1. The molecule has 1 saturated heterocycles. The molecule has 0 saturated carbocycles. The molecule has 1 fully saturated rings. The molecule has 2 aromatic rings. The van der Waals surface area contributed by atoms with E-state index in [-0.39, 0.29) is 11.7 Å². The summed E-state index contributed by atoms with van der Waals surface area (Å²) in [5, 5.41) is 0. The number of fused-ring (bicyclic) bond motifs is 1. The van der Waals surface area contributed by atoms with Gasteiger partial charge < -0.3 is 4.90 Å². The largest absolute Gasteiger partial charge is 0.308 e. The molecule has 2 heterocycles. The third kappa shape index (κ3) is 4.43. The number of benzene rings is 2. The van der Waals surface area contributed by atoms with E-state index in [0.717, 1.165) is 50.3 Å². The van der Waals surface area contributed by atoms with Gasteiger partial charge in [-0.2, -0.15) is 4.31 Å². The molecule has 0 unspecified atom stereocenters. The van der Waals surface area contributed by atoms with Crippen LogP contribution in [-0.4, -0.2) is 62.0 Å². The van der Waals surface area contributed by atoms with Gasteiger partial charge in [-0.1, -0.05) is 30.3 Å². The fourth-order valence-corrected chi connectivity index (χ4v) is 5.34. The standard InChI is InChI=1S/C23H29N3O3S/c1-2-30(28,29)25-16-14-24(15-17-25)18-19-9-11-21(12-10-19)23(27)26-13-5-7-20-6-3-4-8-22(20)26/h3-4,6,8-12H,2,5,7,13-18H2,1H3. The zero-order valence-electron chi connectivity index (χ0n) is 17.5. The lowest BCUT2D eigenvalue weighted by Gasteiger charge is -2.33. The van der Waals surface area contributed by atoms with Gasteiger partial charge in [0.25, 0.3) is 5.91 Å². The first-order valence-electron chi connectivity index (χ1n) is 10.7. The maximum atomic E-state index is 13.1. The lowest BCUT2D eigenvalue weighted by Crippen LogP contribution is -2.48. The minimum absolute atomic E-state index is 0.0482. The van der Waals surface area contributed by atoms with E-state index in [0.29, 0.717) is 18.7 Å². The summed E-state index contributed by atoms with van der Waals surface area (Å²) in [6.45, 7) is 5.74. The molecule has 0 aliphatic carbocycles. The average molecular weight is 428 g/mol. The van der Waals surface area contributed by atoms with Crippen molar-refractivity contribution in [3.05, 3.63) is 65.2 Å². The minimum Gasteiger partial charge on any atom is -0.308 e. The third-order valence-corrected chi connectivity index (χ3v) is 7.93. The van der Waals surface area contributed by atoms with Gasteiger partial charge in [-0.3, -0.25) is 9.69 Å². The summed E-state index contributed by atoms with van der Waals surface area (Å²) in [6, 6.07) is 16.0. The van der Waals surface area contributed by atoms with Crippen molar-refractivity contribution in [3.8, 4) is 0 Å². The van der Waals surface area contributed by atoms with Gasteiger partial charge in [-0.15, -0.1) is 0 Å². The number of sulfonamides is 1. The van der Waals surface area contributed by atoms with E-state index in [1.807, 2.05) is 47.4 Å². The highest BCUT2D eigenvalue weighted by Gasteiger charge is 2.26. The second-order valence-electron chi connectivity index (χ2n) is 7.96. The van der Waals surface area contributed by atoms with E-state index in [2.05, 4.69) is 11.0 Å². The number of piperazine rings is 1. The van der Waals surface area contributed by atoms with Crippen LogP contribution >= 0.6 is 0 Å². The van der Waals surface area contributed by atoms with E-state index >= 15 is 0 Å². The summed E-state index contributed by atoms with van der Waals surface area (Å²) in [4.78, 5) is 17.2. The fraction of sp³-hybridized carbons (Fsp3) is 0.435. The Morgan fingerprint density at radius 1 is 0.933 bits per heavy atom. The Kier molecular flexibility index (Phi) is 6.22. The first-order chi connectivity index (χ1) is 14.5. The first-order valence-corrected chi connectivity index (χ1v) is 12.3. The third-order valence-electron chi connectivity index (χ3n) is 6.05. The summed E-state index contributed by atoms with van der Waals surface area (Å²) >= 11 is 0. The quantitative estimate of drug-likeness (QED) is 0.736. The van der Waals surface area contributed by atoms with Gasteiger partial charge in [-0.25, -0.2) is 8.42 Å². The monoisotopic (exact) mass is 427 g/mol. The molecule has 0 aromatic heterocycles. The van der Waals surface area contributed by atoms with E-state index < -0.39 is 10.0 Å². The van der Waals surface area contributed by atoms with Crippen LogP contribution in [0.3, 0.4) is 0 Å². The van der Waals surface area contributed by atoms with E-state index in [4.69, 9.17) is 0 Å². The van der Waals surface area contributed by atoms with Crippen molar-refractivity contribution in [1.82, 2.24) is 9.21 Å². The van der Waals surface area contributed by atoms with Crippen LogP contribution in [0, 0.1) is 0 Å². The topological polar surface area (TPSA) is 60.9 Å². The zero-order valence-corrected chi connectivity index (χ0v) is 18.3. The van der Waals surface area contributed by atoms with Crippen molar-refractivity contribution in [2.45, 2.75) is 26.3 Å². The molecule has 0 atom stereocenters. The highest BCUT2D eigenvalue weighted by Crippen LogP contribution is 2.28. The number of hydrogen-bond donors (Lipinski definition) is 0. The normalized spacial score (nSPS) is 18.2. The van der Waals surface area contributed by atoms with Crippen LogP contribution in [0.4, 0.5) is 5.69 Å². The number of amides is 1. The van der Waals surface area contributed by atoms with Gasteiger partial charge in [0, 0.05) is 50.5 Å². The summed E-state index contributed by atoms with van der Waals surface area (Å²) in [5.41, 5.74) is 4.10. The predicted octanol–water partition coefficient (Wildman–Crippen LogP) is 2.75. The van der Waals surface area contributed by atoms with Gasteiger partial charge in [0.15, 0.2) is 0 Å². The molecule has 1 amide bonds.